The first-order chi connectivity index (χ1) is 40.5. The van der Waals surface area contributed by atoms with Crippen LogP contribution in [0.2, 0.25) is 0 Å². The van der Waals surface area contributed by atoms with Crippen LogP contribution >= 0.6 is 0 Å². The van der Waals surface area contributed by atoms with Crippen LogP contribution in [0, 0.1) is 0 Å². The van der Waals surface area contributed by atoms with Crippen LogP contribution in [0.1, 0.15) is 310 Å². The van der Waals surface area contributed by atoms with E-state index < -0.39 is 12.1 Å². The molecule has 0 aromatic rings. The van der Waals surface area contributed by atoms with Gasteiger partial charge in [0.25, 0.3) is 0 Å². The highest BCUT2D eigenvalue weighted by Crippen LogP contribution is 2.17. The molecule has 82 heavy (non-hydrogen) atoms. The zero-order valence-corrected chi connectivity index (χ0v) is 53.5. The number of hydrogen-bond donors (Lipinski definition) is 0. The van der Waals surface area contributed by atoms with Crippen molar-refractivity contribution in [1.82, 2.24) is 0 Å². The Hall–Kier alpha value is -4.45. The Morgan fingerprint density at radius 1 is 0.268 bits per heavy atom. The van der Waals surface area contributed by atoms with Crippen molar-refractivity contribution in [2.75, 3.05) is 13.2 Å². The molecule has 0 rings (SSSR count). The van der Waals surface area contributed by atoms with Crippen LogP contribution in [0.4, 0.5) is 0 Å². The lowest BCUT2D eigenvalue weighted by atomic mass is 10.0. The second-order valence-corrected chi connectivity index (χ2v) is 22.3. The van der Waals surface area contributed by atoms with E-state index in [0.29, 0.717) is 12.8 Å². The quantitative estimate of drug-likeness (QED) is 0.0261. The van der Waals surface area contributed by atoms with Crippen molar-refractivity contribution in [3.8, 4) is 0 Å². The molecule has 0 aromatic heterocycles. The number of allylic oxidation sites excluding steroid dienone is 21. The predicted molar refractivity (Wildman–Crippen MR) is 357 cm³/mol. The molecule has 0 saturated carbocycles. The van der Waals surface area contributed by atoms with Crippen molar-refractivity contribution in [2.45, 2.75) is 316 Å². The first kappa shape index (κ1) is 77.5. The van der Waals surface area contributed by atoms with Crippen LogP contribution < -0.4 is 0 Å². The molecule has 0 heterocycles. The molecule has 0 aliphatic rings. The minimum atomic E-state index is -0.824. The van der Waals surface area contributed by atoms with Gasteiger partial charge in [0.1, 0.15) is 13.2 Å². The molecule has 0 amide bonds. The summed E-state index contributed by atoms with van der Waals surface area (Å²) in [5.41, 5.74) is 0. The number of esters is 3. The molecule has 1 unspecified atom stereocenters. The second-order valence-electron chi connectivity index (χ2n) is 22.3. The Balaban J connectivity index is 4.38. The number of carbonyl (C=O) groups excluding carboxylic acids is 3. The average Bonchev–Trinajstić information content (AvgIpc) is 3.47. The molecule has 0 aliphatic heterocycles. The van der Waals surface area contributed by atoms with Gasteiger partial charge in [0, 0.05) is 12.8 Å². The van der Waals surface area contributed by atoms with Crippen molar-refractivity contribution in [3.63, 3.8) is 0 Å². The standard InChI is InChI=1S/C76H126O6/c1-4-7-10-13-16-19-22-25-28-30-32-34-35-36-37-38-39-40-41-42-44-45-48-51-54-57-60-63-66-69-75(78)81-72-73(71-80-74(77)68-65-62-59-56-53-50-47-27-24-21-18-15-12-9-6-3)82-76(79)70-67-64-61-58-55-52-49-46-43-33-31-29-26-23-20-17-14-11-8-5-2/h7,9-10,12,16,18-19,21,25,27-28,32,34,36-37,39-40,47,53,56,62,65,73H,4-6,8,11,13-15,17,20,22-24,26,29-31,33,35,38,41-46,48-52,54-55,57-61,63-64,66-72H2,1-3H3/b10-7-,12-9-,19-16-,21-18-,28-25-,34-32-,37-36-,40-39-,47-27-,56-53-,65-62-. The van der Waals surface area contributed by atoms with Crippen LogP contribution in [-0.4, -0.2) is 37.2 Å². The SMILES string of the molecule is CC/C=C\C/C=C\C/C=C\C/C=C\C/C=C\C/C=C\CCCCCCCCCCCCC(=O)OCC(COC(=O)C/C=C\C/C=C\C/C=C\C/C=C\C/C=C\CC)OC(=O)CCCCCCCCCCCCCCCCCCCCCC. The van der Waals surface area contributed by atoms with Crippen molar-refractivity contribution in [3.05, 3.63) is 134 Å². The molecule has 0 fully saturated rings. The fourth-order valence-corrected chi connectivity index (χ4v) is 9.40. The Morgan fingerprint density at radius 3 is 0.854 bits per heavy atom. The summed E-state index contributed by atoms with van der Waals surface area (Å²) in [6.45, 7) is 6.35. The van der Waals surface area contributed by atoms with E-state index in [1.54, 1.807) is 6.08 Å². The van der Waals surface area contributed by atoms with E-state index in [1.807, 2.05) is 6.08 Å². The van der Waals surface area contributed by atoms with Gasteiger partial charge < -0.3 is 14.2 Å². The Bertz CT molecular complexity index is 1730. The molecule has 6 heteroatoms. The third-order valence-electron chi connectivity index (χ3n) is 14.4. The highest BCUT2D eigenvalue weighted by atomic mass is 16.6. The van der Waals surface area contributed by atoms with Crippen LogP contribution in [0.15, 0.2) is 134 Å². The van der Waals surface area contributed by atoms with Gasteiger partial charge in [-0.2, -0.15) is 0 Å². The van der Waals surface area contributed by atoms with E-state index in [9.17, 15) is 14.4 Å². The Morgan fingerprint density at radius 2 is 0.524 bits per heavy atom. The minimum Gasteiger partial charge on any atom is -0.462 e. The van der Waals surface area contributed by atoms with Gasteiger partial charge in [0.15, 0.2) is 6.10 Å². The zero-order valence-electron chi connectivity index (χ0n) is 53.5. The third-order valence-corrected chi connectivity index (χ3v) is 14.4. The molecule has 0 saturated heterocycles. The molecule has 466 valence electrons. The summed E-state index contributed by atoms with van der Waals surface area (Å²) in [5, 5.41) is 0. The van der Waals surface area contributed by atoms with Crippen LogP contribution in [0.25, 0.3) is 0 Å². The lowest BCUT2D eigenvalue weighted by molar-refractivity contribution is -0.166. The predicted octanol–water partition coefficient (Wildman–Crippen LogP) is 23.7. The number of carbonyl (C=O) groups is 3. The smallest absolute Gasteiger partial charge is 0.309 e. The van der Waals surface area contributed by atoms with E-state index in [1.165, 1.54) is 161 Å². The maximum atomic E-state index is 12.9. The van der Waals surface area contributed by atoms with Crippen molar-refractivity contribution < 1.29 is 28.6 Å². The maximum absolute atomic E-state index is 12.9. The molecule has 0 aromatic carbocycles. The molecule has 0 bridgehead atoms. The highest BCUT2D eigenvalue weighted by molar-refractivity contribution is 5.72. The first-order valence-electron chi connectivity index (χ1n) is 34.2. The van der Waals surface area contributed by atoms with E-state index in [0.717, 1.165) is 109 Å². The van der Waals surface area contributed by atoms with E-state index >= 15 is 0 Å². The van der Waals surface area contributed by atoms with E-state index in [-0.39, 0.29) is 31.6 Å². The second kappa shape index (κ2) is 69.0. The maximum Gasteiger partial charge on any atom is 0.309 e. The molecular weight excluding hydrogens is 1010 g/mol. The summed E-state index contributed by atoms with van der Waals surface area (Å²) >= 11 is 0. The Labute approximate surface area is 506 Å². The molecule has 0 radical (unpaired) electrons. The fourth-order valence-electron chi connectivity index (χ4n) is 9.40. The largest absolute Gasteiger partial charge is 0.462 e. The summed E-state index contributed by atoms with van der Waals surface area (Å²) < 4.78 is 16.9. The van der Waals surface area contributed by atoms with Crippen LogP contribution in [0.5, 0.6) is 0 Å². The summed E-state index contributed by atoms with van der Waals surface area (Å²) in [4.78, 5) is 38.3. The molecule has 1 atom stereocenters. The monoisotopic (exact) mass is 1130 g/mol. The summed E-state index contributed by atoms with van der Waals surface area (Å²) in [7, 11) is 0. The van der Waals surface area contributed by atoms with Gasteiger partial charge >= 0.3 is 17.9 Å². The van der Waals surface area contributed by atoms with Gasteiger partial charge in [-0.3, -0.25) is 14.4 Å². The number of rotatable bonds is 61. The minimum absolute atomic E-state index is 0.111. The van der Waals surface area contributed by atoms with Gasteiger partial charge in [-0.15, -0.1) is 0 Å². The summed E-state index contributed by atoms with van der Waals surface area (Å²) in [6.07, 6.45) is 97.8. The fraction of sp³-hybridized carbons (Fsp3) is 0.671. The molecule has 0 N–H and O–H groups in total. The number of hydrogen-bond acceptors (Lipinski definition) is 6. The van der Waals surface area contributed by atoms with Crippen LogP contribution in [-0.2, 0) is 28.6 Å². The molecule has 6 nitrogen and oxygen atoms in total. The average molecular weight is 1140 g/mol. The van der Waals surface area contributed by atoms with Crippen molar-refractivity contribution in [2.24, 2.45) is 0 Å². The third kappa shape index (κ3) is 66.4. The Kier molecular flexibility index (Phi) is 65.3. The van der Waals surface area contributed by atoms with Gasteiger partial charge in [-0.05, 0) is 96.3 Å². The summed E-state index contributed by atoms with van der Waals surface area (Å²) in [6, 6.07) is 0. The molecule has 0 aliphatic carbocycles. The first-order valence-corrected chi connectivity index (χ1v) is 34.2. The van der Waals surface area contributed by atoms with Gasteiger partial charge in [0.2, 0.25) is 0 Å². The van der Waals surface area contributed by atoms with Gasteiger partial charge in [-0.25, -0.2) is 0 Å². The zero-order chi connectivity index (χ0) is 59.2. The lowest BCUT2D eigenvalue weighted by Gasteiger charge is -2.18. The topological polar surface area (TPSA) is 78.9 Å². The van der Waals surface area contributed by atoms with Gasteiger partial charge in [0.05, 0.1) is 6.42 Å². The molecule has 0 spiro atoms. The van der Waals surface area contributed by atoms with Crippen molar-refractivity contribution in [1.29, 1.82) is 0 Å². The molecular formula is C76H126O6. The van der Waals surface area contributed by atoms with E-state index in [4.69, 9.17) is 14.2 Å². The summed E-state index contributed by atoms with van der Waals surface area (Å²) in [5.74, 6) is -1.04. The normalized spacial score (nSPS) is 13.0. The lowest BCUT2D eigenvalue weighted by Crippen LogP contribution is -2.30. The number of unbranched alkanes of at least 4 members (excludes halogenated alkanes) is 29. The van der Waals surface area contributed by atoms with Crippen molar-refractivity contribution >= 4 is 17.9 Å². The van der Waals surface area contributed by atoms with Gasteiger partial charge in [-0.1, -0.05) is 328 Å². The number of ether oxygens (including phenoxy) is 3. The van der Waals surface area contributed by atoms with E-state index in [2.05, 4.69) is 142 Å². The highest BCUT2D eigenvalue weighted by Gasteiger charge is 2.19. The van der Waals surface area contributed by atoms with Crippen LogP contribution in [0.3, 0.4) is 0 Å².